The third-order valence-electron chi connectivity index (χ3n) is 6.08. The quantitative estimate of drug-likeness (QED) is 0.148. The minimum atomic E-state index is -5.31. The summed E-state index contributed by atoms with van der Waals surface area (Å²) in [6.07, 6.45) is -10.8. The molecule has 0 aromatic heterocycles. The van der Waals surface area contributed by atoms with E-state index in [1.54, 1.807) is 0 Å². The van der Waals surface area contributed by atoms with Crippen molar-refractivity contribution in [3.8, 4) is 0 Å². The number of amides is 2. The maximum atomic E-state index is 13.6. The second-order valence-corrected chi connectivity index (χ2v) is 8.00. The molecule has 0 N–H and O–H groups in total. The number of nitrogens with zero attached hydrogens (tertiary/aromatic N) is 5. The largest absolute Gasteiger partial charge is 0.471 e. The van der Waals surface area contributed by atoms with Crippen LogP contribution < -0.4 is 4.90 Å². The summed E-state index contributed by atoms with van der Waals surface area (Å²) in [5, 5.41) is 3.31. The van der Waals surface area contributed by atoms with Crippen LogP contribution in [0.5, 0.6) is 0 Å². The van der Waals surface area contributed by atoms with Gasteiger partial charge in [-0.1, -0.05) is 5.11 Å². The summed E-state index contributed by atoms with van der Waals surface area (Å²) in [6, 6.07) is 0.573. The Morgan fingerprint density at radius 3 is 2.37 bits per heavy atom. The van der Waals surface area contributed by atoms with Gasteiger partial charge in [0, 0.05) is 35.6 Å². The van der Waals surface area contributed by atoms with E-state index in [2.05, 4.69) is 14.8 Å². The summed E-state index contributed by atoms with van der Waals surface area (Å²) >= 11 is 0. The molecule has 1 saturated heterocycles. The van der Waals surface area contributed by atoms with Gasteiger partial charge < -0.3 is 14.5 Å². The third-order valence-corrected chi connectivity index (χ3v) is 6.08. The lowest BCUT2D eigenvalue weighted by atomic mass is 9.79. The molecule has 3 rings (SSSR count). The molecule has 2 aliphatic heterocycles. The predicted octanol–water partition coefficient (Wildman–Crippen LogP) is 4.29. The van der Waals surface area contributed by atoms with Gasteiger partial charge in [-0.05, 0) is 48.6 Å². The number of anilines is 1. The monoisotopic (exact) mass is 507 g/mol. The molecule has 0 saturated carbocycles. The first-order valence-electron chi connectivity index (χ1n) is 10.3. The number of methoxy groups -OCH3 is 1. The standard InChI is InChI=1S/C20H19F6N5O4/c1-35-16(32)10-4-5-14-12(9-10)15-11(6-8-30(15)17(33)19(21,22)23)13(3-2-7-28-29-27)31(14)18(34)20(24,25)26/h4-5,9,11,13,15H,2-3,6-8H2,1H3/t11-,13-,15-/m0/s1. The lowest BCUT2D eigenvalue weighted by molar-refractivity contribution is -0.187. The molecular formula is C20H19F6N5O4. The number of likely N-dealkylation sites (tertiary alicyclic amines) is 1. The lowest BCUT2D eigenvalue weighted by Gasteiger charge is -2.46. The smallest absolute Gasteiger partial charge is 0.465 e. The molecule has 190 valence electrons. The zero-order chi connectivity index (χ0) is 26.1. The van der Waals surface area contributed by atoms with Gasteiger partial charge in [0.05, 0.1) is 18.7 Å². The van der Waals surface area contributed by atoms with Crippen molar-refractivity contribution in [1.82, 2.24) is 4.90 Å². The van der Waals surface area contributed by atoms with Crippen molar-refractivity contribution in [1.29, 1.82) is 0 Å². The molecule has 0 unspecified atom stereocenters. The highest BCUT2D eigenvalue weighted by molar-refractivity contribution is 6.00. The highest BCUT2D eigenvalue weighted by atomic mass is 19.4. The molecule has 35 heavy (non-hydrogen) atoms. The van der Waals surface area contributed by atoms with E-state index >= 15 is 0 Å². The Hall–Kier alpha value is -3.48. The van der Waals surface area contributed by atoms with Crippen LogP contribution >= 0.6 is 0 Å². The van der Waals surface area contributed by atoms with E-state index in [0.29, 0.717) is 9.80 Å². The normalized spacial score (nSPS) is 21.6. The van der Waals surface area contributed by atoms with Gasteiger partial charge in [-0.25, -0.2) is 4.79 Å². The van der Waals surface area contributed by atoms with Gasteiger partial charge in [-0.15, -0.1) is 0 Å². The topological polar surface area (TPSA) is 116 Å². The van der Waals surface area contributed by atoms with E-state index < -0.39 is 54.7 Å². The maximum absolute atomic E-state index is 13.6. The highest BCUT2D eigenvalue weighted by Crippen LogP contribution is 2.52. The molecule has 1 fully saturated rings. The van der Waals surface area contributed by atoms with Crippen LogP contribution in [0.15, 0.2) is 23.3 Å². The summed E-state index contributed by atoms with van der Waals surface area (Å²) in [6.45, 7) is -0.534. The highest BCUT2D eigenvalue weighted by Gasteiger charge is 2.57. The van der Waals surface area contributed by atoms with Gasteiger partial charge >= 0.3 is 30.1 Å². The second kappa shape index (κ2) is 9.64. The van der Waals surface area contributed by atoms with Crippen LogP contribution in [0.1, 0.15) is 41.2 Å². The molecule has 2 heterocycles. The SMILES string of the molecule is COC(=O)c1ccc2c(c1)[C@@H]1[C@@H](CCN1C(=O)C(F)(F)F)[C@H](CCCN=[N+]=[N-])N2C(=O)C(F)(F)F. The number of rotatable bonds is 5. The van der Waals surface area contributed by atoms with E-state index in [1.807, 2.05) is 0 Å². The number of alkyl halides is 6. The summed E-state index contributed by atoms with van der Waals surface area (Å²) < 4.78 is 85.2. The average Bonchev–Trinajstić information content (AvgIpc) is 3.23. The molecule has 0 aliphatic carbocycles. The maximum Gasteiger partial charge on any atom is 0.471 e. The number of hydrogen-bond acceptors (Lipinski definition) is 5. The Kier molecular flexibility index (Phi) is 7.20. The first kappa shape index (κ1) is 26.1. The number of carbonyl (C=O) groups is 3. The van der Waals surface area contributed by atoms with Crippen LogP contribution in [0.25, 0.3) is 10.4 Å². The third kappa shape index (κ3) is 4.99. The number of esters is 1. The minimum absolute atomic E-state index is 0.0440. The fraction of sp³-hybridized carbons (Fsp3) is 0.550. The van der Waals surface area contributed by atoms with Gasteiger partial charge in [0.15, 0.2) is 0 Å². The van der Waals surface area contributed by atoms with Crippen molar-refractivity contribution in [2.24, 2.45) is 11.0 Å². The zero-order valence-corrected chi connectivity index (χ0v) is 18.1. The van der Waals surface area contributed by atoms with Crippen LogP contribution in [-0.2, 0) is 14.3 Å². The summed E-state index contributed by atoms with van der Waals surface area (Å²) in [7, 11) is 1.04. The lowest BCUT2D eigenvalue weighted by Crippen LogP contribution is -2.55. The second-order valence-electron chi connectivity index (χ2n) is 8.00. The first-order chi connectivity index (χ1) is 16.3. The number of azide groups is 1. The molecule has 9 nitrogen and oxygen atoms in total. The molecule has 0 radical (unpaired) electrons. The van der Waals surface area contributed by atoms with Crippen molar-refractivity contribution < 1.29 is 45.5 Å². The molecule has 1 aromatic carbocycles. The number of fused-ring (bicyclic) bond motifs is 3. The van der Waals surface area contributed by atoms with Crippen LogP contribution in [0, 0.1) is 5.92 Å². The van der Waals surface area contributed by atoms with Crippen LogP contribution in [0.4, 0.5) is 32.0 Å². The molecule has 1 aromatic rings. The molecule has 0 bridgehead atoms. The molecular weight excluding hydrogens is 488 g/mol. The van der Waals surface area contributed by atoms with Crippen molar-refractivity contribution in [2.45, 2.75) is 43.7 Å². The van der Waals surface area contributed by atoms with Gasteiger partial charge in [-0.2, -0.15) is 26.3 Å². The van der Waals surface area contributed by atoms with E-state index in [-0.39, 0.29) is 42.6 Å². The van der Waals surface area contributed by atoms with Crippen molar-refractivity contribution >= 4 is 23.5 Å². The number of halogens is 6. The Labute approximate surface area is 194 Å². The van der Waals surface area contributed by atoms with E-state index in [9.17, 15) is 40.7 Å². The van der Waals surface area contributed by atoms with Crippen molar-refractivity contribution in [2.75, 3.05) is 25.1 Å². The Morgan fingerprint density at radius 2 is 1.80 bits per heavy atom. The van der Waals surface area contributed by atoms with Crippen LogP contribution in [0.2, 0.25) is 0 Å². The first-order valence-corrected chi connectivity index (χ1v) is 10.3. The Morgan fingerprint density at radius 1 is 1.14 bits per heavy atom. The van der Waals surface area contributed by atoms with Gasteiger partial charge in [0.1, 0.15) is 0 Å². The summed E-state index contributed by atoms with van der Waals surface area (Å²) in [5.41, 5.74) is 7.72. The summed E-state index contributed by atoms with van der Waals surface area (Å²) in [5.74, 6) is -6.32. The zero-order valence-electron chi connectivity index (χ0n) is 18.1. The van der Waals surface area contributed by atoms with Crippen LogP contribution in [-0.4, -0.2) is 61.3 Å². The van der Waals surface area contributed by atoms with Gasteiger partial charge in [-0.3, -0.25) is 9.59 Å². The number of carbonyl (C=O) groups excluding carboxylic acids is 3. The minimum Gasteiger partial charge on any atom is -0.465 e. The Balaban J connectivity index is 2.20. The molecule has 2 amide bonds. The number of hydrogen-bond donors (Lipinski definition) is 0. The molecule has 3 atom stereocenters. The number of benzene rings is 1. The van der Waals surface area contributed by atoms with Gasteiger partial charge in [0.2, 0.25) is 0 Å². The molecule has 2 aliphatic rings. The van der Waals surface area contributed by atoms with Gasteiger partial charge in [0.25, 0.3) is 0 Å². The fourth-order valence-electron chi connectivity index (χ4n) is 4.79. The van der Waals surface area contributed by atoms with Crippen molar-refractivity contribution in [3.05, 3.63) is 39.8 Å². The molecule has 15 heteroatoms. The number of ether oxygens (including phenoxy) is 1. The van der Waals surface area contributed by atoms with Crippen LogP contribution in [0.3, 0.4) is 0 Å². The van der Waals surface area contributed by atoms with E-state index in [1.165, 1.54) is 0 Å². The fourth-order valence-corrected chi connectivity index (χ4v) is 4.79. The van der Waals surface area contributed by atoms with Crippen molar-refractivity contribution in [3.63, 3.8) is 0 Å². The average molecular weight is 507 g/mol. The predicted molar refractivity (Wildman–Crippen MR) is 107 cm³/mol. The van der Waals surface area contributed by atoms with E-state index in [4.69, 9.17) is 5.53 Å². The Bertz CT molecular complexity index is 1070. The summed E-state index contributed by atoms with van der Waals surface area (Å²) in [4.78, 5) is 40.2. The van der Waals surface area contributed by atoms with E-state index in [0.717, 1.165) is 25.3 Å². The molecule has 0 spiro atoms.